The molecular weight excluding hydrogens is 384 g/mol. The molecule has 1 N–H and O–H groups in total. The maximum Gasteiger partial charge on any atom is 0.196 e. The normalized spacial score (nSPS) is 11.9. The van der Waals surface area contributed by atoms with Gasteiger partial charge < -0.3 is 9.84 Å². The number of aliphatic hydroxyl groups is 1. The molecule has 0 aliphatic rings. The summed E-state index contributed by atoms with van der Waals surface area (Å²) in [6, 6.07) is 23.0. The summed E-state index contributed by atoms with van der Waals surface area (Å²) in [6.45, 7) is 0. The van der Waals surface area contributed by atoms with Crippen molar-refractivity contribution in [3.05, 3.63) is 84.6 Å². The van der Waals surface area contributed by atoms with Crippen LogP contribution in [0.1, 0.15) is 11.7 Å². The van der Waals surface area contributed by atoms with E-state index >= 15 is 0 Å². The highest BCUT2D eigenvalue weighted by Crippen LogP contribution is 2.30. The van der Waals surface area contributed by atoms with Gasteiger partial charge in [-0.15, -0.1) is 10.2 Å². The maximum absolute atomic E-state index is 10.6. The van der Waals surface area contributed by atoms with E-state index in [2.05, 4.69) is 15.2 Å². The maximum atomic E-state index is 10.6. The first-order valence-corrected chi connectivity index (χ1v) is 10.1. The molecule has 0 fully saturated rings. The Kier molecular flexibility index (Phi) is 5.88. The molecule has 2 aromatic carbocycles. The summed E-state index contributed by atoms with van der Waals surface area (Å²) in [7, 11) is 1.62. The Morgan fingerprint density at radius 2 is 1.72 bits per heavy atom. The van der Waals surface area contributed by atoms with Gasteiger partial charge in [-0.2, -0.15) is 0 Å². The second kappa shape index (κ2) is 8.89. The first-order valence-electron chi connectivity index (χ1n) is 9.13. The standard InChI is InChI=1S/C22H20N4O2S/c1-28-18-12-10-16(11-13-18)20(27)15-29-22-25-24-21(19-9-5-6-14-23-19)26(22)17-7-3-2-4-8-17/h2-14,20,27H,15H2,1H3/t20-/m1/s1. The average Bonchev–Trinajstić information content (AvgIpc) is 3.22. The fourth-order valence-corrected chi connectivity index (χ4v) is 3.83. The van der Waals surface area contributed by atoms with Crippen molar-refractivity contribution in [2.75, 3.05) is 12.9 Å². The van der Waals surface area contributed by atoms with Crippen molar-refractivity contribution in [1.82, 2.24) is 19.7 Å². The second-order valence-corrected chi connectivity index (χ2v) is 7.28. The zero-order valence-electron chi connectivity index (χ0n) is 15.8. The van der Waals surface area contributed by atoms with E-state index in [4.69, 9.17) is 4.74 Å². The van der Waals surface area contributed by atoms with Gasteiger partial charge in [0, 0.05) is 17.6 Å². The predicted molar refractivity (Wildman–Crippen MR) is 113 cm³/mol. The summed E-state index contributed by atoms with van der Waals surface area (Å²) in [4.78, 5) is 4.41. The van der Waals surface area contributed by atoms with Gasteiger partial charge in [-0.3, -0.25) is 9.55 Å². The summed E-state index contributed by atoms with van der Waals surface area (Å²) >= 11 is 1.45. The fraction of sp³-hybridized carbons (Fsp3) is 0.136. The fourth-order valence-electron chi connectivity index (χ4n) is 2.91. The molecule has 2 aromatic heterocycles. The van der Waals surface area contributed by atoms with Gasteiger partial charge in [-0.1, -0.05) is 48.2 Å². The molecule has 0 aliphatic carbocycles. The lowest BCUT2D eigenvalue weighted by atomic mass is 10.1. The third-order valence-corrected chi connectivity index (χ3v) is 5.42. The molecule has 0 bridgehead atoms. The Morgan fingerprint density at radius 3 is 2.41 bits per heavy atom. The molecule has 7 heteroatoms. The molecular formula is C22H20N4O2S. The van der Waals surface area contributed by atoms with Crippen LogP contribution in [0.25, 0.3) is 17.2 Å². The number of aliphatic hydroxyl groups excluding tert-OH is 1. The van der Waals surface area contributed by atoms with E-state index in [1.54, 1.807) is 13.3 Å². The van der Waals surface area contributed by atoms with Crippen molar-refractivity contribution < 1.29 is 9.84 Å². The van der Waals surface area contributed by atoms with Gasteiger partial charge in [-0.05, 0) is 42.0 Å². The minimum absolute atomic E-state index is 0.444. The van der Waals surface area contributed by atoms with Crippen molar-refractivity contribution in [3.8, 4) is 23.0 Å². The molecule has 0 radical (unpaired) electrons. The van der Waals surface area contributed by atoms with Crippen LogP contribution in [0, 0.1) is 0 Å². The van der Waals surface area contributed by atoms with Crippen molar-refractivity contribution in [1.29, 1.82) is 0 Å². The van der Waals surface area contributed by atoms with E-state index in [0.717, 1.165) is 22.7 Å². The van der Waals surface area contributed by atoms with Crippen LogP contribution in [0.5, 0.6) is 5.75 Å². The van der Waals surface area contributed by atoms with Crippen molar-refractivity contribution in [3.63, 3.8) is 0 Å². The molecule has 29 heavy (non-hydrogen) atoms. The van der Waals surface area contributed by atoms with E-state index in [9.17, 15) is 5.11 Å². The monoisotopic (exact) mass is 404 g/mol. The molecule has 0 saturated heterocycles. The zero-order valence-corrected chi connectivity index (χ0v) is 16.7. The topological polar surface area (TPSA) is 73.1 Å². The van der Waals surface area contributed by atoms with Crippen LogP contribution < -0.4 is 4.74 Å². The quantitative estimate of drug-likeness (QED) is 0.466. The molecule has 146 valence electrons. The predicted octanol–water partition coefficient (Wildman–Crippen LogP) is 4.16. The van der Waals surface area contributed by atoms with Crippen LogP contribution in [0.15, 0.2) is 84.1 Å². The third-order valence-electron chi connectivity index (χ3n) is 4.41. The molecule has 0 aliphatic heterocycles. The molecule has 0 unspecified atom stereocenters. The van der Waals surface area contributed by atoms with Gasteiger partial charge in [0.2, 0.25) is 0 Å². The van der Waals surface area contributed by atoms with Gasteiger partial charge >= 0.3 is 0 Å². The van der Waals surface area contributed by atoms with Crippen LogP contribution in [0.2, 0.25) is 0 Å². The highest BCUT2D eigenvalue weighted by atomic mass is 32.2. The molecule has 2 heterocycles. The number of thioether (sulfide) groups is 1. The van der Waals surface area contributed by atoms with Crippen molar-refractivity contribution >= 4 is 11.8 Å². The summed E-state index contributed by atoms with van der Waals surface area (Å²) in [5.74, 6) is 1.87. The van der Waals surface area contributed by atoms with Gasteiger partial charge in [0.05, 0.1) is 13.2 Å². The van der Waals surface area contributed by atoms with E-state index in [-0.39, 0.29) is 0 Å². The summed E-state index contributed by atoms with van der Waals surface area (Å²) in [5, 5.41) is 20.0. The van der Waals surface area contributed by atoms with E-state index in [1.807, 2.05) is 77.4 Å². The van der Waals surface area contributed by atoms with E-state index in [0.29, 0.717) is 16.7 Å². The van der Waals surface area contributed by atoms with Crippen LogP contribution >= 0.6 is 11.8 Å². The molecule has 4 rings (SSSR count). The summed E-state index contributed by atoms with van der Waals surface area (Å²) in [5.41, 5.74) is 2.51. The lowest BCUT2D eigenvalue weighted by Crippen LogP contribution is -2.04. The van der Waals surface area contributed by atoms with Gasteiger partial charge in [0.25, 0.3) is 0 Å². The summed E-state index contributed by atoms with van der Waals surface area (Å²) in [6.07, 6.45) is 1.10. The number of benzene rings is 2. The third kappa shape index (κ3) is 4.31. The second-order valence-electron chi connectivity index (χ2n) is 6.29. The van der Waals surface area contributed by atoms with E-state index in [1.165, 1.54) is 11.8 Å². The first-order chi connectivity index (χ1) is 14.3. The van der Waals surface area contributed by atoms with Crippen LogP contribution in [0.4, 0.5) is 0 Å². The number of nitrogens with zero attached hydrogens (tertiary/aromatic N) is 4. The largest absolute Gasteiger partial charge is 0.497 e. The highest BCUT2D eigenvalue weighted by Gasteiger charge is 2.18. The Morgan fingerprint density at radius 1 is 0.966 bits per heavy atom. The number of hydrogen-bond donors (Lipinski definition) is 1. The lowest BCUT2D eigenvalue weighted by molar-refractivity contribution is 0.204. The number of hydrogen-bond acceptors (Lipinski definition) is 6. The van der Waals surface area contributed by atoms with Crippen LogP contribution in [0.3, 0.4) is 0 Å². The molecule has 0 saturated carbocycles. The number of methoxy groups -OCH3 is 1. The SMILES string of the molecule is COc1ccc([C@H](O)CSc2nnc(-c3ccccn3)n2-c2ccccc2)cc1. The molecule has 0 spiro atoms. The average molecular weight is 404 g/mol. The van der Waals surface area contributed by atoms with E-state index < -0.39 is 6.10 Å². The van der Waals surface area contributed by atoms with Crippen molar-refractivity contribution in [2.45, 2.75) is 11.3 Å². The van der Waals surface area contributed by atoms with Crippen LogP contribution in [-0.2, 0) is 0 Å². The lowest BCUT2D eigenvalue weighted by Gasteiger charge is -2.13. The molecule has 0 amide bonds. The number of ether oxygens (including phenoxy) is 1. The Hall–Kier alpha value is -3.16. The van der Waals surface area contributed by atoms with Crippen LogP contribution in [-0.4, -0.2) is 37.7 Å². The zero-order chi connectivity index (χ0) is 20.1. The number of aromatic nitrogens is 4. The first kappa shape index (κ1) is 19.2. The van der Waals surface area contributed by atoms with Gasteiger partial charge in [0.1, 0.15) is 11.4 Å². The smallest absolute Gasteiger partial charge is 0.196 e. The Labute approximate surface area is 173 Å². The van der Waals surface area contributed by atoms with Gasteiger partial charge in [0.15, 0.2) is 11.0 Å². The molecule has 1 atom stereocenters. The summed E-state index contributed by atoms with van der Waals surface area (Å²) < 4.78 is 7.14. The van der Waals surface area contributed by atoms with Gasteiger partial charge in [-0.25, -0.2) is 0 Å². The minimum Gasteiger partial charge on any atom is -0.497 e. The number of para-hydroxylation sites is 1. The van der Waals surface area contributed by atoms with Crippen molar-refractivity contribution in [2.24, 2.45) is 0 Å². The minimum atomic E-state index is -0.634. The number of rotatable bonds is 7. The Balaban J connectivity index is 1.61. The Bertz CT molecular complexity index is 1050. The highest BCUT2D eigenvalue weighted by molar-refractivity contribution is 7.99. The molecule has 4 aromatic rings. The number of pyridine rings is 1. The molecule has 6 nitrogen and oxygen atoms in total.